The van der Waals surface area contributed by atoms with Gasteiger partial charge in [0.1, 0.15) is 11.5 Å². The normalized spacial score (nSPS) is 19.2. The maximum atomic E-state index is 5.78. The fourth-order valence-corrected chi connectivity index (χ4v) is 2.71. The quantitative estimate of drug-likeness (QED) is 0.906. The monoisotopic (exact) mass is 300 g/mol. The van der Waals surface area contributed by atoms with Crippen molar-refractivity contribution in [3.8, 4) is 11.5 Å². The molecule has 1 unspecified atom stereocenters. The maximum Gasteiger partial charge on any atom is 0.127 e. The molecule has 1 fully saturated rings. The standard InChI is InChI=1S/C15H24N2O2.ClH/c1-18-14-6-5-13(15(8-14)19-2)11-17-7-3-4-12(9-16)10-17;/h5-6,8,12H,3-4,7,9-11,16H2,1-2H3;1H. The Morgan fingerprint density at radius 1 is 1.30 bits per heavy atom. The smallest absolute Gasteiger partial charge is 0.127 e. The van der Waals surface area contributed by atoms with Gasteiger partial charge < -0.3 is 15.2 Å². The van der Waals surface area contributed by atoms with Crippen molar-refractivity contribution in [1.82, 2.24) is 4.90 Å². The van der Waals surface area contributed by atoms with Crippen LogP contribution in [0.3, 0.4) is 0 Å². The van der Waals surface area contributed by atoms with Crippen LogP contribution >= 0.6 is 12.4 Å². The van der Waals surface area contributed by atoms with Gasteiger partial charge in [0, 0.05) is 24.7 Å². The third kappa shape index (κ3) is 4.27. The van der Waals surface area contributed by atoms with Crippen molar-refractivity contribution in [3.63, 3.8) is 0 Å². The van der Waals surface area contributed by atoms with Crippen molar-refractivity contribution < 1.29 is 9.47 Å². The van der Waals surface area contributed by atoms with Crippen molar-refractivity contribution >= 4 is 12.4 Å². The molecule has 4 nitrogen and oxygen atoms in total. The summed E-state index contributed by atoms with van der Waals surface area (Å²) in [5.41, 5.74) is 6.99. The van der Waals surface area contributed by atoms with Crippen LogP contribution in [0.1, 0.15) is 18.4 Å². The Hall–Kier alpha value is -0.970. The molecule has 2 rings (SSSR count). The number of likely N-dealkylation sites (tertiary alicyclic amines) is 1. The van der Waals surface area contributed by atoms with Crippen LogP contribution in [-0.4, -0.2) is 38.8 Å². The molecule has 1 aliphatic heterocycles. The summed E-state index contributed by atoms with van der Waals surface area (Å²) in [6.07, 6.45) is 2.49. The third-order valence-electron chi connectivity index (χ3n) is 3.82. The second-order valence-corrected chi connectivity index (χ2v) is 5.16. The number of hydrogen-bond acceptors (Lipinski definition) is 4. The molecule has 1 aromatic rings. The lowest BCUT2D eigenvalue weighted by molar-refractivity contribution is 0.169. The van der Waals surface area contributed by atoms with Gasteiger partial charge in [-0.15, -0.1) is 12.4 Å². The molecule has 1 aliphatic rings. The van der Waals surface area contributed by atoms with Gasteiger partial charge in [-0.3, -0.25) is 4.90 Å². The lowest BCUT2D eigenvalue weighted by Gasteiger charge is -2.32. The zero-order valence-electron chi connectivity index (χ0n) is 12.3. The van der Waals surface area contributed by atoms with Crippen LogP contribution in [0.4, 0.5) is 0 Å². The average Bonchev–Trinajstić information content (AvgIpc) is 2.48. The predicted octanol–water partition coefficient (Wildman–Crippen LogP) is 2.30. The Morgan fingerprint density at radius 3 is 2.75 bits per heavy atom. The molecule has 0 aliphatic carbocycles. The topological polar surface area (TPSA) is 47.7 Å². The van der Waals surface area contributed by atoms with Crippen LogP contribution in [0, 0.1) is 5.92 Å². The Kier molecular flexibility index (Phi) is 7.13. The van der Waals surface area contributed by atoms with Crippen LogP contribution in [0.15, 0.2) is 18.2 Å². The summed E-state index contributed by atoms with van der Waals surface area (Å²) in [5.74, 6) is 2.37. The molecule has 1 aromatic carbocycles. The van der Waals surface area contributed by atoms with Gasteiger partial charge in [0.25, 0.3) is 0 Å². The summed E-state index contributed by atoms with van der Waals surface area (Å²) < 4.78 is 10.7. The number of hydrogen-bond donors (Lipinski definition) is 1. The Balaban J connectivity index is 0.00000200. The van der Waals surface area contributed by atoms with Gasteiger partial charge in [-0.2, -0.15) is 0 Å². The van der Waals surface area contributed by atoms with E-state index in [0.717, 1.165) is 37.7 Å². The van der Waals surface area contributed by atoms with E-state index in [4.69, 9.17) is 15.2 Å². The van der Waals surface area contributed by atoms with Gasteiger partial charge >= 0.3 is 0 Å². The fourth-order valence-electron chi connectivity index (χ4n) is 2.71. The molecule has 1 heterocycles. The van der Waals surface area contributed by atoms with E-state index in [-0.39, 0.29) is 12.4 Å². The molecule has 0 spiro atoms. The molecular weight excluding hydrogens is 276 g/mol. The Bertz CT molecular complexity index is 415. The van der Waals surface area contributed by atoms with E-state index < -0.39 is 0 Å². The van der Waals surface area contributed by atoms with E-state index in [1.165, 1.54) is 18.4 Å². The first-order valence-electron chi connectivity index (χ1n) is 6.90. The zero-order chi connectivity index (χ0) is 13.7. The van der Waals surface area contributed by atoms with Crippen molar-refractivity contribution in [3.05, 3.63) is 23.8 Å². The minimum absolute atomic E-state index is 0. The fraction of sp³-hybridized carbons (Fsp3) is 0.600. The highest BCUT2D eigenvalue weighted by Gasteiger charge is 2.19. The molecule has 5 heteroatoms. The van der Waals surface area contributed by atoms with Gasteiger partial charge in [-0.05, 0) is 37.9 Å². The summed E-state index contributed by atoms with van der Waals surface area (Å²) in [6, 6.07) is 6.02. The number of ether oxygens (including phenoxy) is 2. The highest BCUT2D eigenvalue weighted by Crippen LogP contribution is 2.27. The van der Waals surface area contributed by atoms with Gasteiger partial charge in [0.2, 0.25) is 0 Å². The molecule has 20 heavy (non-hydrogen) atoms. The molecule has 0 saturated carbocycles. The second-order valence-electron chi connectivity index (χ2n) is 5.16. The van der Waals surface area contributed by atoms with E-state index in [2.05, 4.69) is 11.0 Å². The van der Waals surface area contributed by atoms with Crippen LogP contribution in [-0.2, 0) is 6.54 Å². The molecule has 0 amide bonds. The minimum Gasteiger partial charge on any atom is -0.497 e. The molecule has 0 radical (unpaired) electrons. The first kappa shape index (κ1) is 17.1. The van der Waals surface area contributed by atoms with Crippen molar-refractivity contribution in [2.24, 2.45) is 11.7 Å². The van der Waals surface area contributed by atoms with E-state index in [0.29, 0.717) is 5.92 Å². The number of nitrogens with zero attached hydrogens (tertiary/aromatic N) is 1. The predicted molar refractivity (Wildman–Crippen MR) is 83.8 cm³/mol. The number of benzene rings is 1. The summed E-state index contributed by atoms with van der Waals surface area (Å²) in [5, 5.41) is 0. The number of piperidine rings is 1. The van der Waals surface area contributed by atoms with Crippen LogP contribution in [0.25, 0.3) is 0 Å². The van der Waals surface area contributed by atoms with Gasteiger partial charge in [0.15, 0.2) is 0 Å². The number of methoxy groups -OCH3 is 2. The second kappa shape index (κ2) is 8.35. The summed E-state index contributed by atoms with van der Waals surface area (Å²) in [4.78, 5) is 2.46. The minimum atomic E-state index is 0. The highest BCUT2D eigenvalue weighted by molar-refractivity contribution is 5.85. The first-order chi connectivity index (χ1) is 9.26. The molecule has 0 aromatic heterocycles. The Labute approximate surface area is 127 Å². The zero-order valence-corrected chi connectivity index (χ0v) is 13.1. The first-order valence-corrected chi connectivity index (χ1v) is 6.90. The van der Waals surface area contributed by atoms with E-state index in [1.54, 1.807) is 14.2 Å². The SMILES string of the molecule is COc1ccc(CN2CCCC(CN)C2)c(OC)c1.Cl. The lowest BCUT2D eigenvalue weighted by Crippen LogP contribution is -2.37. The van der Waals surface area contributed by atoms with Crippen molar-refractivity contribution in [2.45, 2.75) is 19.4 Å². The van der Waals surface area contributed by atoms with E-state index >= 15 is 0 Å². The maximum absolute atomic E-state index is 5.78. The van der Waals surface area contributed by atoms with Gasteiger partial charge in [-0.25, -0.2) is 0 Å². The third-order valence-corrected chi connectivity index (χ3v) is 3.82. The molecule has 0 bridgehead atoms. The Morgan fingerprint density at radius 2 is 2.10 bits per heavy atom. The molecule has 1 saturated heterocycles. The molecule has 114 valence electrons. The lowest BCUT2D eigenvalue weighted by atomic mass is 9.98. The van der Waals surface area contributed by atoms with Gasteiger partial charge in [-0.1, -0.05) is 6.07 Å². The largest absolute Gasteiger partial charge is 0.497 e. The molecule has 2 N–H and O–H groups in total. The van der Waals surface area contributed by atoms with Crippen LogP contribution < -0.4 is 15.2 Å². The number of rotatable bonds is 5. The molecular formula is C15H25ClN2O2. The molecule has 1 atom stereocenters. The van der Waals surface area contributed by atoms with Gasteiger partial charge in [0.05, 0.1) is 14.2 Å². The van der Waals surface area contributed by atoms with Crippen molar-refractivity contribution in [2.75, 3.05) is 33.9 Å². The van der Waals surface area contributed by atoms with Crippen molar-refractivity contribution in [1.29, 1.82) is 0 Å². The van der Waals surface area contributed by atoms with Crippen LogP contribution in [0.2, 0.25) is 0 Å². The summed E-state index contributed by atoms with van der Waals surface area (Å²) in [7, 11) is 3.38. The average molecular weight is 301 g/mol. The highest BCUT2D eigenvalue weighted by atomic mass is 35.5. The number of halogens is 1. The van der Waals surface area contributed by atoms with E-state index in [1.807, 2.05) is 12.1 Å². The number of nitrogens with two attached hydrogens (primary N) is 1. The van der Waals surface area contributed by atoms with Crippen LogP contribution in [0.5, 0.6) is 11.5 Å². The summed E-state index contributed by atoms with van der Waals surface area (Å²) >= 11 is 0. The van der Waals surface area contributed by atoms with E-state index in [9.17, 15) is 0 Å². The summed E-state index contributed by atoms with van der Waals surface area (Å²) in [6.45, 7) is 3.94.